The lowest BCUT2D eigenvalue weighted by Crippen LogP contribution is -2.26. The van der Waals surface area contributed by atoms with Gasteiger partial charge in [0, 0.05) is 24.5 Å². The number of nitrogens with zero attached hydrogens (tertiary/aromatic N) is 1. The number of hydrogen-bond acceptors (Lipinski definition) is 4. The van der Waals surface area contributed by atoms with Crippen LogP contribution < -0.4 is 9.47 Å². The summed E-state index contributed by atoms with van der Waals surface area (Å²) in [6.45, 7) is 1.09. The monoisotopic (exact) mass is 389 g/mol. The van der Waals surface area contributed by atoms with Crippen LogP contribution in [0.5, 0.6) is 11.5 Å². The predicted octanol–water partition coefficient (Wildman–Crippen LogP) is 4.93. The normalized spacial score (nSPS) is 11.1. The molecule has 0 spiro atoms. The molecule has 7 heteroatoms. The highest BCUT2D eigenvalue weighted by Gasteiger charge is 2.22. The van der Waals surface area contributed by atoms with Crippen molar-refractivity contribution in [3.8, 4) is 11.5 Å². The third-order valence-electron chi connectivity index (χ3n) is 4.57. The number of halogens is 2. The third kappa shape index (κ3) is 3.78. The summed E-state index contributed by atoms with van der Waals surface area (Å²) >= 11 is 0. The van der Waals surface area contributed by atoms with Crippen molar-refractivity contribution < 1.29 is 27.5 Å². The van der Waals surface area contributed by atoms with Gasteiger partial charge in [-0.05, 0) is 37.1 Å². The lowest BCUT2D eigenvalue weighted by Gasteiger charge is -2.18. The van der Waals surface area contributed by atoms with Crippen LogP contribution in [0.1, 0.15) is 27.2 Å². The quantitative estimate of drug-likeness (QED) is 0.600. The SMILES string of the molecule is COc1cc(CN(C)C(=O)c2oc3c(C)cccc3c2C)ccc1OC(F)F. The number of alkyl halides is 2. The Balaban J connectivity index is 1.83. The van der Waals surface area contributed by atoms with E-state index in [4.69, 9.17) is 9.15 Å². The second-order valence-corrected chi connectivity index (χ2v) is 6.53. The number of hydrogen-bond donors (Lipinski definition) is 0. The van der Waals surface area contributed by atoms with Crippen LogP contribution in [0.2, 0.25) is 0 Å². The van der Waals surface area contributed by atoms with Crippen molar-refractivity contribution in [2.24, 2.45) is 0 Å². The minimum Gasteiger partial charge on any atom is -0.493 e. The molecule has 0 atom stereocenters. The van der Waals surface area contributed by atoms with E-state index < -0.39 is 6.61 Å². The Morgan fingerprint density at radius 1 is 1.18 bits per heavy atom. The van der Waals surface area contributed by atoms with Crippen molar-refractivity contribution >= 4 is 16.9 Å². The minimum atomic E-state index is -2.94. The molecule has 1 amide bonds. The smallest absolute Gasteiger partial charge is 0.387 e. The number of amides is 1. The van der Waals surface area contributed by atoms with E-state index in [9.17, 15) is 13.6 Å². The van der Waals surface area contributed by atoms with Gasteiger partial charge in [0.2, 0.25) is 0 Å². The van der Waals surface area contributed by atoms with Gasteiger partial charge in [0.1, 0.15) is 5.58 Å². The van der Waals surface area contributed by atoms with Crippen molar-refractivity contribution in [2.45, 2.75) is 27.0 Å². The number of aryl methyl sites for hydroxylation is 2. The zero-order valence-corrected chi connectivity index (χ0v) is 16.1. The fraction of sp³-hybridized carbons (Fsp3) is 0.286. The molecule has 1 heterocycles. The molecule has 0 aliphatic heterocycles. The molecule has 1 aromatic heterocycles. The fourth-order valence-corrected chi connectivity index (χ4v) is 3.11. The van der Waals surface area contributed by atoms with Crippen molar-refractivity contribution in [1.29, 1.82) is 0 Å². The Kier molecular flexibility index (Phi) is 5.53. The standard InChI is InChI=1S/C21H21F2NO4/c1-12-6-5-7-15-13(2)19(28-18(12)15)20(25)24(3)11-14-8-9-16(27-21(22)23)17(10-14)26-4/h5-10,21H,11H2,1-4H3. The first-order valence-electron chi connectivity index (χ1n) is 8.67. The number of para-hydroxylation sites is 1. The summed E-state index contributed by atoms with van der Waals surface area (Å²) in [5.41, 5.74) is 3.15. The fourth-order valence-electron chi connectivity index (χ4n) is 3.11. The van der Waals surface area contributed by atoms with Crippen LogP contribution in [0.25, 0.3) is 11.0 Å². The molecule has 28 heavy (non-hydrogen) atoms. The molecule has 148 valence electrons. The van der Waals surface area contributed by atoms with Gasteiger partial charge in [0.15, 0.2) is 17.3 Å². The molecule has 2 aromatic carbocycles. The number of furan rings is 1. The van der Waals surface area contributed by atoms with Gasteiger partial charge in [-0.25, -0.2) is 0 Å². The molecular formula is C21H21F2NO4. The van der Waals surface area contributed by atoms with E-state index in [2.05, 4.69) is 4.74 Å². The second kappa shape index (κ2) is 7.88. The van der Waals surface area contributed by atoms with Gasteiger partial charge >= 0.3 is 6.61 Å². The van der Waals surface area contributed by atoms with E-state index in [0.717, 1.165) is 16.5 Å². The molecule has 0 fully saturated rings. The largest absolute Gasteiger partial charge is 0.493 e. The van der Waals surface area contributed by atoms with Crippen molar-refractivity contribution in [3.05, 3.63) is 58.8 Å². The van der Waals surface area contributed by atoms with Crippen molar-refractivity contribution in [3.63, 3.8) is 0 Å². The van der Waals surface area contributed by atoms with Crippen molar-refractivity contribution in [2.75, 3.05) is 14.2 Å². The highest BCUT2D eigenvalue weighted by molar-refractivity contribution is 5.99. The molecule has 0 aliphatic rings. The molecule has 0 unspecified atom stereocenters. The predicted molar refractivity (Wildman–Crippen MR) is 101 cm³/mol. The van der Waals surface area contributed by atoms with Crippen molar-refractivity contribution in [1.82, 2.24) is 4.90 Å². The number of carbonyl (C=O) groups is 1. The molecule has 0 radical (unpaired) electrons. The van der Waals surface area contributed by atoms with Gasteiger partial charge in [-0.15, -0.1) is 0 Å². The maximum Gasteiger partial charge on any atom is 0.387 e. The van der Waals surface area contributed by atoms with Gasteiger partial charge < -0.3 is 18.8 Å². The highest BCUT2D eigenvalue weighted by Crippen LogP contribution is 2.31. The molecule has 0 bridgehead atoms. The molecule has 0 N–H and O–H groups in total. The average molecular weight is 389 g/mol. The number of rotatable bonds is 6. The summed E-state index contributed by atoms with van der Waals surface area (Å²) in [7, 11) is 3.02. The molecule has 0 saturated carbocycles. The van der Waals surface area contributed by atoms with Crippen LogP contribution in [0.4, 0.5) is 8.78 Å². The number of benzene rings is 2. The number of methoxy groups -OCH3 is 1. The van der Waals surface area contributed by atoms with E-state index in [0.29, 0.717) is 11.1 Å². The Hall–Kier alpha value is -3.09. The Bertz CT molecular complexity index is 1010. The lowest BCUT2D eigenvalue weighted by molar-refractivity contribution is -0.0512. The first-order valence-corrected chi connectivity index (χ1v) is 8.67. The van der Waals surface area contributed by atoms with Crippen LogP contribution >= 0.6 is 0 Å². The van der Waals surface area contributed by atoms with Crippen LogP contribution in [0.3, 0.4) is 0 Å². The van der Waals surface area contributed by atoms with Crippen LogP contribution in [0, 0.1) is 13.8 Å². The maximum atomic E-state index is 12.9. The van der Waals surface area contributed by atoms with Gasteiger partial charge in [-0.2, -0.15) is 8.78 Å². The zero-order chi connectivity index (χ0) is 20.4. The summed E-state index contributed by atoms with van der Waals surface area (Å²) in [5, 5.41) is 0.909. The van der Waals surface area contributed by atoms with Gasteiger partial charge in [0.25, 0.3) is 5.91 Å². The summed E-state index contributed by atoms with van der Waals surface area (Å²) in [6, 6.07) is 10.3. The van der Waals surface area contributed by atoms with E-state index in [1.165, 1.54) is 18.1 Å². The Labute approximate surface area is 161 Å². The molecular weight excluding hydrogens is 368 g/mol. The summed E-state index contributed by atoms with van der Waals surface area (Å²) in [6.07, 6.45) is 0. The van der Waals surface area contributed by atoms with E-state index >= 15 is 0 Å². The van der Waals surface area contributed by atoms with Gasteiger partial charge in [0.05, 0.1) is 7.11 Å². The summed E-state index contributed by atoms with van der Waals surface area (Å²) in [5.74, 6) is 0.143. The zero-order valence-electron chi connectivity index (χ0n) is 16.1. The van der Waals surface area contributed by atoms with E-state index in [1.807, 2.05) is 32.0 Å². The van der Waals surface area contributed by atoms with E-state index in [1.54, 1.807) is 19.2 Å². The Morgan fingerprint density at radius 3 is 2.57 bits per heavy atom. The van der Waals surface area contributed by atoms with Gasteiger partial charge in [-0.3, -0.25) is 4.79 Å². The van der Waals surface area contributed by atoms with Crippen LogP contribution in [-0.4, -0.2) is 31.6 Å². The molecule has 0 saturated heterocycles. The topological polar surface area (TPSA) is 51.9 Å². The number of fused-ring (bicyclic) bond motifs is 1. The molecule has 3 rings (SSSR count). The number of carbonyl (C=O) groups excluding carboxylic acids is 1. The highest BCUT2D eigenvalue weighted by atomic mass is 19.3. The first kappa shape index (κ1) is 19.7. The van der Waals surface area contributed by atoms with Crippen LogP contribution in [0.15, 0.2) is 40.8 Å². The molecule has 3 aromatic rings. The lowest BCUT2D eigenvalue weighted by atomic mass is 10.1. The summed E-state index contributed by atoms with van der Waals surface area (Å²) in [4.78, 5) is 14.4. The van der Waals surface area contributed by atoms with E-state index in [-0.39, 0.29) is 29.7 Å². The third-order valence-corrected chi connectivity index (χ3v) is 4.57. The molecule has 0 aliphatic carbocycles. The van der Waals surface area contributed by atoms with Crippen LogP contribution in [-0.2, 0) is 6.54 Å². The molecule has 5 nitrogen and oxygen atoms in total. The maximum absolute atomic E-state index is 12.9. The summed E-state index contributed by atoms with van der Waals surface area (Å²) < 4.78 is 40.3. The van der Waals surface area contributed by atoms with Gasteiger partial charge in [-0.1, -0.05) is 24.3 Å². The minimum absolute atomic E-state index is 0.0566. The number of ether oxygens (including phenoxy) is 2. The Morgan fingerprint density at radius 2 is 1.93 bits per heavy atom. The second-order valence-electron chi connectivity index (χ2n) is 6.53. The average Bonchev–Trinajstić information content (AvgIpc) is 3.00. The first-order chi connectivity index (χ1) is 13.3.